The van der Waals surface area contributed by atoms with E-state index in [9.17, 15) is 4.79 Å². The van der Waals surface area contributed by atoms with Crippen molar-refractivity contribution in [2.75, 3.05) is 7.11 Å². The second-order valence-electron chi connectivity index (χ2n) is 6.22. The Labute approximate surface area is 149 Å². The SMILES string of the molecule is COc1cc(C(C)NC(=O)CCc2ccncc2)ccc1OC(C)C. The molecule has 2 aromatic rings. The van der Waals surface area contributed by atoms with Gasteiger partial charge in [-0.3, -0.25) is 9.78 Å². The Kier molecular flexibility index (Phi) is 6.81. The van der Waals surface area contributed by atoms with Gasteiger partial charge in [-0.15, -0.1) is 0 Å². The van der Waals surface area contributed by atoms with Crippen LogP contribution in [0.1, 0.15) is 44.4 Å². The number of rotatable bonds is 8. The number of carbonyl (C=O) groups excluding carboxylic acids is 1. The number of amides is 1. The number of aryl methyl sites for hydroxylation is 1. The van der Waals surface area contributed by atoms with E-state index in [0.717, 1.165) is 11.1 Å². The fraction of sp³-hybridized carbons (Fsp3) is 0.400. The van der Waals surface area contributed by atoms with Crippen LogP contribution >= 0.6 is 0 Å². The molecule has 1 aromatic heterocycles. The number of nitrogens with zero attached hydrogens (tertiary/aromatic N) is 1. The summed E-state index contributed by atoms with van der Waals surface area (Å²) in [5.74, 6) is 1.40. The molecule has 1 heterocycles. The van der Waals surface area contributed by atoms with Gasteiger partial charge < -0.3 is 14.8 Å². The molecular formula is C20H26N2O3. The largest absolute Gasteiger partial charge is 0.493 e. The third-order valence-electron chi connectivity index (χ3n) is 3.82. The summed E-state index contributed by atoms with van der Waals surface area (Å²) >= 11 is 0. The molecule has 0 bridgehead atoms. The Hall–Kier alpha value is -2.56. The van der Waals surface area contributed by atoms with Crippen LogP contribution in [0.5, 0.6) is 11.5 Å². The molecule has 2 rings (SSSR count). The standard InChI is InChI=1S/C20H26N2O3/c1-14(2)25-18-7-6-17(13-19(18)24-4)15(3)22-20(23)8-5-16-9-11-21-12-10-16/h6-7,9-15H,5,8H2,1-4H3,(H,22,23). The van der Waals surface area contributed by atoms with E-state index in [-0.39, 0.29) is 18.1 Å². The molecule has 0 spiro atoms. The monoisotopic (exact) mass is 342 g/mol. The van der Waals surface area contributed by atoms with Crippen molar-refractivity contribution < 1.29 is 14.3 Å². The highest BCUT2D eigenvalue weighted by Gasteiger charge is 2.13. The Balaban J connectivity index is 1.95. The Morgan fingerprint density at radius 2 is 1.84 bits per heavy atom. The summed E-state index contributed by atoms with van der Waals surface area (Å²) in [7, 11) is 1.62. The summed E-state index contributed by atoms with van der Waals surface area (Å²) in [5.41, 5.74) is 2.08. The van der Waals surface area contributed by atoms with E-state index in [2.05, 4.69) is 10.3 Å². The smallest absolute Gasteiger partial charge is 0.220 e. The number of ether oxygens (including phenoxy) is 2. The van der Waals surface area contributed by atoms with Gasteiger partial charge in [0.25, 0.3) is 0 Å². The number of hydrogen-bond acceptors (Lipinski definition) is 4. The van der Waals surface area contributed by atoms with Crippen molar-refractivity contribution in [1.82, 2.24) is 10.3 Å². The van der Waals surface area contributed by atoms with Crippen molar-refractivity contribution in [3.63, 3.8) is 0 Å². The predicted octanol–water partition coefficient (Wildman–Crippen LogP) is 3.69. The van der Waals surface area contributed by atoms with Gasteiger partial charge in [0.15, 0.2) is 11.5 Å². The number of pyridine rings is 1. The topological polar surface area (TPSA) is 60.5 Å². The number of aromatic nitrogens is 1. The second-order valence-corrected chi connectivity index (χ2v) is 6.22. The fourth-order valence-electron chi connectivity index (χ4n) is 2.51. The molecule has 5 nitrogen and oxygen atoms in total. The Bertz CT molecular complexity index is 687. The van der Waals surface area contributed by atoms with E-state index in [1.54, 1.807) is 19.5 Å². The number of methoxy groups -OCH3 is 1. The maximum absolute atomic E-state index is 12.2. The lowest BCUT2D eigenvalue weighted by molar-refractivity contribution is -0.121. The van der Waals surface area contributed by atoms with Gasteiger partial charge in [0.2, 0.25) is 5.91 Å². The molecule has 0 radical (unpaired) electrons. The van der Waals surface area contributed by atoms with Gasteiger partial charge in [-0.05, 0) is 62.6 Å². The summed E-state index contributed by atoms with van der Waals surface area (Å²) in [6.45, 7) is 5.90. The molecule has 1 unspecified atom stereocenters. The molecular weight excluding hydrogens is 316 g/mol. The molecule has 0 saturated carbocycles. The maximum Gasteiger partial charge on any atom is 0.220 e. The summed E-state index contributed by atoms with van der Waals surface area (Å²) in [6.07, 6.45) is 4.70. The van der Waals surface area contributed by atoms with Crippen LogP contribution in [-0.4, -0.2) is 24.1 Å². The number of nitrogens with one attached hydrogen (secondary N) is 1. The van der Waals surface area contributed by atoms with E-state index < -0.39 is 0 Å². The minimum absolute atomic E-state index is 0.0192. The average molecular weight is 342 g/mol. The molecule has 0 aliphatic heterocycles. The molecule has 0 fully saturated rings. The van der Waals surface area contributed by atoms with Crippen LogP contribution in [0.4, 0.5) is 0 Å². The molecule has 0 aliphatic rings. The summed E-state index contributed by atoms with van der Waals surface area (Å²) in [6, 6.07) is 9.49. The first-order chi connectivity index (χ1) is 12.0. The first-order valence-corrected chi connectivity index (χ1v) is 8.52. The average Bonchev–Trinajstić information content (AvgIpc) is 2.60. The highest BCUT2D eigenvalue weighted by Crippen LogP contribution is 2.31. The van der Waals surface area contributed by atoms with Gasteiger partial charge in [-0.2, -0.15) is 0 Å². The highest BCUT2D eigenvalue weighted by atomic mass is 16.5. The second kappa shape index (κ2) is 9.06. The third kappa shape index (κ3) is 5.78. The first-order valence-electron chi connectivity index (χ1n) is 8.52. The lowest BCUT2D eigenvalue weighted by Crippen LogP contribution is -2.26. The molecule has 1 aromatic carbocycles. The molecule has 25 heavy (non-hydrogen) atoms. The predicted molar refractivity (Wildman–Crippen MR) is 97.9 cm³/mol. The van der Waals surface area contributed by atoms with E-state index in [0.29, 0.717) is 24.3 Å². The fourth-order valence-corrected chi connectivity index (χ4v) is 2.51. The third-order valence-corrected chi connectivity index (χ3v) is 3.82. The van der Waals surface area contributed by atoms with Gasteiger partial charge in [0.05, 0.1) is 19.3 Å². The van der Waals surface area contributed by atoms with Crippen LogP contribution in [0, 0.1) is 0 Å². The van der Waals surface area contributed by atoms with Crippen molar-refractivity contribution in [2.24, 2.45) is 0 Å². The maximum atomic E-state index is 12.2. The first kappa shape index (κ1) is 18.8. The van der Waals surface area contributed by atoms with Gasteiger partial charge in [-0.25, -0.2) is 0 Å². The van der Waals surface area contributed by atoms with Crippen LogP contribution < -0.4 is 14.8 Å². The normalized spacial score (nSPS) is 11.9. The molecule has 134 valence electrons. The summed E-state index contributed by atoms with van der Waals surface area (Å²) < 4.78 is 11.1. The van der Waals surface area contributed by atoms with Gasteiger partial charge in [0, 0.05) is 18.8 Å². The van der Waals surface area contributed by atoms with Crippen molar-refractivity contribution >= 4 is 5.91 Å². The lowest BCUT2D eigenvalue weighted by atomic mass is 10.1. The van der Waals surface area contributed by atoms with Crippen molar-refractivity contribution in [1.29, 1.82) is 0 Å². The Morgan fingerprint density at radius 3 is 2.48 bits per heavy atom. The van der Waals surface area contributed by atoms with Crippen molar-refractivity contribution in [2.45, 2.75) is 45.8 Å². The summed E-state index contributed by atoms with van der Waals surface area (Å²) in [4.78, 5) is 16.2. The van der Waals surface area contributed by atoms with Crippen LogP contribution in [0.25, 0.3) is 0 Å². The zero-order valence-electron chi connectivity index (χ0n) is 15.3. The number of benzene rings is 1. The van der Waals surface area contributed by atoms with Crippen LogP contribution in [0.2, 0.25) is 0 Å². The Morgan fingerprint density at radius 1 is 1.12 bits per heavy atom. The molecule has 0 saturated heterocycles. The zero-order valence-corrected chi connectivity index (χ0v) is 15.3. The number of carbonyl (C=O) groups is 1. The highest BCUT2D eigenvalue weighted by molar-refractivity contribution is 5.76. The van der Waals surface area contributed by atoms with E-state index in [1.807, 2.05) is 51.1 Å². The molecule has 1 N–H and O–H groups in total. The number of hydrogen-bond donors (Lipinski definition) is 1. The van der Waals surface area contributed by atoms with Gasteiger partial charge in [0.1, 0.15) is 0 Å². The van der Waals surface area contributed by atoms with E-state index in [1.165, 1.54) is 0 Å². The quantitative estimate of drug-likeness (QED) is 0.795. The molecule has 1 atom stereocenters. The lowest BCUT2D eigenvalue weighted by Gasteiger charge is -2.18. The minimum Gasteiger partial charge on any atom is -0.493 e. The van der Waals surface area contributed by atoms with E-state index >= 15 is 0 Å². The van der Waals surface area contributed by atoms with Crippen molar-refractivity contribution in [3.8, 4) is 11.5 Å². The summed E-state index contributed by atoms with van der Waals surface area (Å²) in [5, 5.41) is 3.03. The van der Waals surface area contributed by atoms with Crippen LogP contribution in [-0.2, 0) is 11.2 Å². The molecule has 5 heteroatoms. The van der Waals surface area contributed by atoms with Gasteiger partial charge >= 0.3 is 0 Å². The zero-order chi connectivity index (χ0) is 18.2. The molecule has 0 aliphatic carbocycles. The van der Waals surface area contributed by atoms with Crippen molar-refractivity contribution in [3.05, 3.63) is 53.9 Å². The van der Waals surface area contributed by atoms with Crippen LogP contribution in [0.15, 0.2) is 42.7 Å². The van der Waals surface area contributed by atoms with E-state index in [4.69, 9.17) is 9.47 Å². The molecule has 1 amide bonds. The van der Waals surface area contributed by atoms with Crippen LogP contribution in [0.3, 0.4) is 0 Å². The van der Waals surface area contributed by atoms with Gasteiger partial charge in [-0.1, -0.05) is 6.07 Å². The minimum atomic E-state index is -0.105.